The number of alkyl halides is 1. The number of phenols is 2. The molecule has 0 saturated carbocycles. The molecule has 1 aliphatic heterocycles. The maximum absolute atomic E-state index is 15.2. The van der Waals surface area contributed by atoms with E-state index in [-0.39, 0.29) is 41.0 Å². The highest BCUT2D eigenvalue weighted by Gasteiger charge is 2.52. The fourth-order valence-electron chi connectivity index (χ4n) is 5.98. The van der Waals surface area contributed by atoms with Crippen molar-refractivity contribution in [3.8, 4) is 17.2 Å². The maximum Gasteiger partial charge on any atom is 0.307 e. The highest BCUT2D eigenvalue weighted by molar-refractivity contribution is 6.31. The molecule has 1 fully saturated rings. The molecule has 3 aliphatic rings. The Morgan fingerprint density at radius 3 is 2.44 bits per heavy atom. The molecule has 2 aromatic carbocycles. The summed E-state index contributed by atoms with van der Waals surface area (Å²) in [5, 5.41) is 54.8. The molecule has 45 heavy (non-hydrogen) atoms. The number of ketones is 3. The molecule has 1 saturated heterocycles. The van der Waals surface area contributed by atoms with Crippen molar-refractivity contribution in [1.82, 2.24) is 0 Å². The molecular weight excluding hydrogens is 601 g/mol. The lowest BCUT2D eigenvalue weighted by atomic mass is 9.72. The van der Waals surface area contributed by atoms with Crippen molar-refractivity contribution in [3.63, 3.8) is 0 Å². The van der Waals surface area contributed by atoms with Gasteiger partial charge in [0.15, 0.2) is 24.9 Å². The van der Waals surface area contributed by atoms with Gasteiger partial charge in [-0.05, 0) is 13.0 Å². The van der Waals surface area contributed by atoms with Crippen LogP contribution in [-0.4, -0.2) is 105 Å². The first-order valence-electron chi connectivity index (χ1n) is 14.0. The molecule has 7 N–H and O–H groups in total. The molecule has 1 heterocycles. The molecule has 0 spiro atoms. The highest BCUT2D eigenvalue weighted by atomic mass is 19.1. The Bertz CT molecular complexity index is 1580. The Morgan fingerprint density at radius 1 is 1.09 bits per heavy atom. The van der Waals surface area contributed by atoms with Gasteiger partial charge in [-0.3, -0.25) is 19.2 Å². The molecule has 242 valence electrons. The third-order valence-corrected chi connectivity index (χ3v) is 8.37. The lowest BCUT2D eigenvalue weighted by molar-refractivity contribution is -0.294. The third-order valence-electron chi connectivity index (χ3n) is 8.37. The Balaban J connectivity index is 1.64. The zero-order valence-electron chi connectivity index (χ0n) is 24.2. The topological polar surface area (TPSA) is 232 Å². The maximum atomic E-state index is 15.2. The molecule has 5 rings (SSSR count). The van der Waals surface area contributed by atoms with Crippen molar-refractivity contribution < 1.29 is 68.0 Å². The van der Waals surface area contributed by atoms with Crippen LogP contribution in [0.4, 0.5) is 4.39 Å². The molecule has 0 amide bonds. The number of rotatable bonds is 8. The second-order valence-electron chi connectivity index (χ2n) is 11.2. The van der Waals surface area contributed by atoms with Crippen LogP contribution in [0.1, 0.15) is 68.8 Å². The van der Waals surface area contributed by atoms with Crippen molar-refractivity contribution in [2.24, 2.45) is 5.73 Å². The number of methoxy groups -OCH3 is 1. The Hall–Kier alpha value is -3.99. The van der Waals surface area contributed by atoms with Crippen molar-refractivity contribution in [2.45, 2.75) is 68.7 Å². The Labute approximate surface area is 255 Å². The van der Waals surface area contributed by atoms with Crippen LogP contribution in [0, 0.1) is 0 Å². The second-order valence-corrected chi connectivity index (χ2v) is 11.2. The summed E-state index contributed by atoms with van der Waals surface area (Å²) in [6.07, 6.45) is -12.4. The van der Waals surface area contributed by atoms with Gasteiger partial charge < -0.3 is 50.2 Å². The molecule has 15 heteroatoms. The summed E-state index contributed by atoms with van der Waals surface area (Å²) >= 11 is 0. The molecule has 2 aromatic rings. The van der Waals surface area contributed by atoms with E-state index in [4.69, 9.17) is 24.7 Å². The quantitative estimate of drug-likeness (QED) is 0.140. The van der Waals surface area contributed by atoms with Crippen molar-refractivity contribution in [3.05, 3.63) is 51.6 Å². The van der Waals surface area contributed by atoms with Gasteiger partial charge in [0.1, 0.15) is 35.1 Å². The smallest absolute Gasteiger partial charge is 0.307 e. The van der Waals surface area contributed by atoms with Crippen LogP contribution in [0.15, 0.2) is 18.2 Å². The molecule has 2 unspecified atom stereocenters. The molecule has 0 bridgehead atoms. The minimum Gasteiger partial charge on any atom is -0.507 e. The predicted molar refractivity (Wildman–Crippen MR) is 148 cm³/mol. The van der Waals surface area contributed by atoms with Crippen LogP contribution in [0.3, 0.4) is 0 Å². The minimum absolute atomic E-state index is 0.0162. The summed E-state index contributed by atoms with van der Waals surface area (Å²) in [6.45, 7) is 0.341. The highest BCUT2D eigenvalue weighted by Crippen LogP contribution is 2.52. The normalized spacial score (nSPS) is 29.0. The number of phenolic OH excluding ortho intramolecular Hbond substituents is 2. The molecule has 7 atom stereocenters. The van der Waals surface area contributed by atoms with E-state index < -0.39 is 108 Å². The van der Waals surface area contributed by atoms with Gasteiger partial charge in [-0.1, -0.05) is 12.1 Å². The summed E-state index contributed by atoms with van der Waals surface area (Å²) < 4.78 is 36.5. The number of hydrogen-bond donors (Lipinski definition) is 6. The number of carbonyl (C=O) groups is 4. The molecule has 0 aromatic heterocycles. The first-order chi connectivity index (χ1) is 21.2. The van der Waals surface area contributed by atoms with Crippen LogP contribution >= 0.6 is 0 Å². The minimum atomic E-state index is -2.48. The fourth-order valence-corrected chi connectivity index (χ4v) is 5.98. The van der Waals surface area contributed by atoms with E-state index in [1.54, 1.807) is 0 Å². The summed E-state index contributed by atoms with van der Waals surface area (Å²) in [7, 11) is 1.27. The lowest BCUT2D eigenvalue weighted by Crippen LogP contribution is -2.56. The van der Waals surface area contributed by atoms with Gasteiger partial charge in [0.25, 0.3) is 0 Å². The van der Waals surface area contributed by atoms with Crippen LogP contribution in [0.2, 0.25) is 0 Å². The van der Waals surface area contributed by atoms with E-state index >= 15 is 4.39 Å². The van der Waals surface area contributed by atoms with E-state index in [0.29, 0.717) is 0 Å². The first-order valence-corrected chi connectivity index (χ1v) is 14.0. The number of halogens is 1. The summed E-state index contributed by atoms with van der Waals surface area (Å²) in [5.41, 5.74) is 0.571. The van der Waals surface area contributed by atoms with Crippen LogP contribution in [-0.2, 0) is 30.2 Å². The molecule has 0 radical (unpaired) electrons. The first kappa shape index (κ1) is 32.4. The Kier molecular flexibility index (Phi) is 8.70. The van der Waals surface area contributed by atoms with E-state index in [2.05, 4.69) is 0 Å². The second kappa shape index (κ2) is 12.1. The number of aromatic hydroxyl groups is 2. The molecular formula is C30H32FNO13. The largest absolute Gasteiger partial charge is 0.507 e. The van der Waals surface area contributed by atoms with Gasteiger partial charge in [0, 0.05) is 36.1 Å². The summed E-state index contributed by atoms with van der Waals surface area (Å²) in [4.78, 5) is 52.5. The zero-order chi connectivity index (χ0) is 33.0. The average Bonchev–Trinajstić information content (AvgIpc) is 3.01. The van der Waals surface area contributed by atoms with Crippen LogP contribution in [0.5, 0.6) is 17.2 Å². The third kappa shape index (κ3) is 5.34. The number of aliphatic hydroxyl groups is 3. The zero-order valence-corrected chi connectivity index (χ0v) is 24.2. The van der Waals surface area contributed by atoms with Gasteiger partial charge >= 0.3 is 5.97 Å². The number of ether oxygens (including phenoxy) is 4. The number of benzene rings is 2. The molecule has 14 nitrogen and oxygen atoms in total. The fraction of sp³-hybridized carbons (Fsp3) is 0.467. The number of nitrogens with two attached hydrogens (primary N) is 1. The number of hydrogen-bond acceptors (Lipinski definition) is 14. The van der Waals surface area contributed by atoms with Gasteiger partial charge in [-0.2, -0.15) is 0 Å². The van der Waals surface area contributed by atoms with Crippen LogP contribution in [0.25, 0.3) is 0 Å². The van der Waals surface area contributed by atoms with Crippen molar-refractivity contribution in [1.29, 1.82) is 0 Å². The van der Waals surface area contributed by atoms with Gasteiger partial charge in [-0.25, -0.2) is 4.39 Å². The standard InChI is InChI=1S/C30H32FNO13/c1-11-23(35)28(40)22(31)29(44-11)45-15-9-30(41,16(33)10-43-17(34)6-7-32)8-13-19(15)27(39)21-20(25(13)37)24(36)12-4-3-5-14(42-2)18(12)26(21)38/h3-5,11,15,22-23,28-29,35,37,39-41H,6-10,32H2,1-2H3/t11-,15?,22+,23+,28-,29?,30-/m0/s1. The van der Waals surface area contributed by atoms with Gasteiger partial charge in [-0.15, -0.1) is 0 Å². The number of aliphatic hydroxyl groups excluding tert-OH is 2. The number of fused-ring (bicyclic) bond motifs is 3. The van der Waals surface area contributed by atoms with Crippen LogP contribution < -0.4 is 10.5 Å². The average molecular weight is 634 g/mol. The lowest BCUT2D eigenvalue weighted by Gasteiger charge is -2.43. The number of Topliss-reactive ketones (excluding diaryl/α,β-unsaturated/α-hetero) is 1. The van der Waals surface area contributed by atoms with E-state index in [9.17, 15) is 44.7 Å². The Morgan fingerprint density at radius 2 is 1.78 bits per heavy atom. The number of carbonyl (C=O) groups excluding carboxylic acids is 4. The number of esters is 1. The van der Waals surface area contributed by atoms with Gasteiger partial charge in [0.05, 0.1) is 42.4 Å². The van der Waals surface area contributed by atoms with Crippen molar-refractivity contribution in [2.75, 3.05) is 20.3 Å². The van der Waals surface area contributed by atoms with E-state index in [1.807, 2.05) is 0 Å². The van der Waals surface area contributed by atoms with E-state index in [0.717, 1.165) is 0 Å². The monoisotopic (exact) mass is 633 g/mol. The summed E-state index contributed by atoms with van der Waals surface area (Å²) in [5.74, 6) is -5.33. The van der Waals surface area contributed by atoms with E-state index in [1.165, 1.54) is 32.2 Å². The SMILES string of the molecule is COc1cccc2c1C(=O)c1c(O)c3c(c(O)c1C2=O)C[C@@](O)(C(=O)COC(=O)CCN)CC3OC1O[C@@H](C)[C@@H](O)[C@@H](O)[C@H]1F. The van der Waals surface area contributed by atoms with Gasteiger partial charge in [0.2, 0.25) is 11.6 Å². The summed E-state index contributed by atoms with van der Waals surface area (Å²) in [6, 6.07) is 4.19. The predicted octanol–water partition coefficient (Wildman–Crippen LogP) is -0.117. The van der Waals surface area contributed by atoms with Crippen molar-refractivity contribution >= 4 is 23.3 Å². The molecule has 2 aliphatic carbocycles.